The van der Waals surface area contributed by atoms with Crippen LogP contribution in [0.25, 0.3) is 0 Å². The average Bonchev–Trinajstić information content (AvgIpc) is 2.92. The van der Waals surface area contributed by atoms with E-state index in [1.54, 1.807) is 0 Å². The summed E-state index contributed by atoms with van der Waals surface area (Å²) >= 11 is 0. The van der Waals surface area contributed by atoms with Crippen LogP contribution in [0.5, 0.6) is 5.75 Å². The number of unbranched alkanes of at least 4 members (excludes halogenated alkanes) is 1. The number of nitrogens with one attached hydrogen (secondary N) is 2. The molecular weight excluding hydrogens is 492 g/mol. The van der Waals surface area contributed by atoms with Crippen LogP contribution in [0.4, 0.5) is 0 Å². The predicted molar refractivity (Wildman–Crippen MR) is 133 cm³/mol. The molecule has 0 fully saturated rings. The molecule has 1 aliphatic heterocycles. The van der Waals surface area contributed by atoms with Gasteiger partial charge < -0.3 is 10.1 Å². The molecule has 2 aromatic rings. The van der Waals surface area contributed by atoms with E-state index in [-0.39, 0.29) is 22.0 Å². The molecule has 3 N–H and O–H groups in total. The molecule has 1 aliphatic rings. The Morgan fingerprint density at radius 3 is 2.49 bits per heavy atom. The zero-order valence-corrected chi connectivity index (χ0v) is 21.7. The van der Waals surface area contributed by atoms with Crippen LogP contribution >= 0.6 is 0 Å². The summed E-state index contributed by atoms with van der Waals surface area (Å²) in [7, 11) is -6.98. The van der Waals surface area contributed by atoms with Crippen molar-refractivity contribution in [3.8, 4) is 5.75 Å². The van der Waals surface area contributed by atoms with E-state index < -0.39 is 43.3 Å². The Morgan fingerprint density at radius 1 is 1.23 bits per heavy atom. The highest BCUT2D eigenvalue weighted by Gasteiger charge is 2.42. The lowest BCUT2D eigenvalue weighted by molar-refractivity contribution is 0.0955. The summed E-state index contributed by atoms with van der Waals surface area (Å²) in [5.41, 5.74) is 0.495. The van der Waals surface area contributed by atoms with E-state index in [2.05, 4.69) is 17.6 Å². The van der Waals surface area contributed by atoms with E-state index in [1.807, 2.05) is 37.3 Å². The van der Waals surface area contributed by atoms with Gasteiger partial charge in [-0.1, -0.05) is 57.0 Å². The molecule has 0 aliphatic carbocycles. The van der Waals surface area contributed by atoms with Gasteiger partial charge >= 0.3 is 0 Å². The molecule has 0 saturated heterocycles. The van der Waals surface area contributed by atoms with Gasteiger partial charge in [0.15, 0.2) is 9.84 Å². The van der Waals surface area contributed by atoms with Gasteiger partial charge in [0.1, 0.15) is 11.6 Å². The van der Waals surface area contributed by atoms with E-state index in [4.69, 9.17) is 9.29 Å². The summed E-state index contributed by atoms with van der Waals surface area (Å²) in [4.78, 5) is 12.7. The number of sulfone groups is 1. The number of fused-ring (bicyclic) bond motifs is 1. The number of hydrogen-bond acceptors (Lipinski definition) is 7. The van der Waals surface area contributed by atoms with E-state index in [0.717, 1.165) is 18.4 Å². The Balaban J connectivity index is 2.23. The molecule has 3 rings (SSSR count). The molecule has 1 amide bonds. The van der Waals surface area contributed by atoms with Crippen molar-refractivity contribution in [3.63, 3.8) is 0 Å². The SMILES string of the molecule is CCCC[C@]1(CC)CS(=O)(=O)c2cc(C(=O)NCS(=O)(=O)O)c(OC)cc2[C@@H](c2ccccc2)N1. The Bertz CT molecular complexity index is 1280. The second-order valence-corrected chi connectivity index (χ2v) is 12.2. The van der Waals surface area contributed by atoms with Crippen molar-refractivity contribution < 1.29 is 30.9 Å². The molecule has 0 aromatic heterocycles. The van der Waals surface area contributed by atoms with Gasteiger partial charge in [0, 0.05) is 5.54 Å². The van der Waals surface area contributed by atoms with Crippen LogP contribution in [0.1, 0.15) is 67.1 Å². The van der Waals surface area contributed by atoms with Crippen molar-refractivity contribution in [2.24, 2.45) is 0 Å². The minimum Gasteiger partial charge on any atom is -0.496 e. The number of ether oxygens (including phenoxy) is 1. The first-order chi connectivity index (χ1) is 16.4. The maximum Gasteiger partial charge on any atom is 0.283 e. The standard InChI is InChI=1S/C24H32N2O7S2/c1-4-6-12-24(5-2)15-34(28,29)21-14-18(23(27)25-16-35(30,31)32)20(33-3)13-19(21)22(26-24)17-10-8-7-9-11-17/h7-11,13-14,22,26H,4-6,12,15-16H2,1-3H3,(H,25,27)(H,30,31,32)/t22-,24-/m1/s1. The van der Waals surface area contributed by atoms with Crippen molar-refractivity contribution >= 4 is 25.9 Å². The normalized spacial score (nSPS) is 21.5. The molecule has 1 heterocycles. The summed E-state index contributed by atoms with van der Waals surface area (Å²) in [5.74, 6) is -1.94. The number of hydrogen-bond donors (Lipinski definition) is 3. The van der Waals surface area contributed by atoms with Crippen LogP contribution in [-0.4, -0.2) is 51.6 Å². The topological polar surface area (TPSA) is 139 Å². The number of benzene rings is 2. The van der Waals surface area contributed by atoms with E-state index in [1.165, 1.54) is 19.2 Å². The fourth-order valence-corrected chi connectivity index (χ4v) is 6.95. The van der Waals surface area contributed by atoms with Gasteiger partial charge in [-0.3, -0.25) is 14.7 Å². The van der Waals surface area contributed by atoms with Crippen molar-refractivity contribution in [1.29, 1.82) is 0 Å². The van der Waals surface area contributed by atoms with Gasteiger partial charge in [-0.05, 0) is 36.1 Å². The van der Waals surface area contributed by atoms with Gasteiger partial charge in [0.25, 0.3) is 16.0 Å². The first kappa shape index (κ1) is 27.1. The summed E-state index contributed by atoms with van der Waals surface area (Å²) in [6.45, 7) is 4.02. The summed E-state index contributed by atoms with van der Waals surface area (Å²) < 4.78 is 64.1. The Kier molecular flexibility index (Phi) is 8.25. The lowest BCUT2D eigenvalue weighted by atomic mass is 9.88. The monoisotopic (exact) mass is 524 g/mol. The van der Waals surface area contributed by atoms with Crippen LogP contribution < -0.4 is 15.4 Å². The molecular formula is C24H32N2O7S2. The van der Waals surface area contributed by atoms with Crippen molar-refractivity contribution in [2.75, 3.05) is 18.7 Å². The van der Waals surface area contributed by atoms with Gasteiger partial charge in [0.2, 0.25) is 0 Å². The molecule has 9 nitrogen and oxygen atoms in total. The summed E-state index contributed by atoms with van der Waals surface area (Å²) in [6, 6.07) is 11.7. The smallest absolute Gasteiger partial charge is 0.283 e. The van der Waals surface area contributed by atoms with Crippen molar-refractivity contribution in [3.05, 3.63) is 59.2 Å². The van der Waals surface area contributed by atoms with Crippen molar-refractivity contribution in [2.45, 2.75) is 56.0 Å². The highest BCUT2D eigenvalue weighted by atomic mass is 32.2. The van der Waals surface area contributed by atoms with E-state index >= 15 is 0 Å². The van der Waals surface area contributed by atoms with Crippen LogP contribution in [0.15, 0.2) is 47.4 Å². The Morgan fingerprint density at radius 2 is 1.91 bits per heavy atom. The quantitative estimate of drug-likeness (QED) is 0.426. The van der Waals surface area contributed by atoms with Gasteiger partial charge in [-0.2, -0.15) is 8.42 Å². The lowest BCUT2D eigenvalue weighted by Crippen LogP contribution is -2.50. The van der Waals surface area contributed by atoms with Crippen LogP contribution in [0.2, 0.25) is 0 Å². The van der Waals surface area contributed by atoms with E-state index in [0.29, 0.717) is 18.4 Å². The molecule has 2 atom stereocenters. The first-order valence-electron chi connectivity index (χ1n) is 11.5. The number of rotatable bonds is 9. The summed E-state index contributed by atoms with van der Waals surface area (Å²) in [6.07, 6.45) is 3.01. The Hall–Kier alpha value is -2.47. The maximum absolute atomic E-state index is 13.8. The maximum atomic E-state index is 13.8. The van der Waals surface area contributed by atoms with Crippen molar-refractivity contribution in [1.82, 2.24) is 10.6 Å². The number of carbonyl (C=O) groups excluding carboxylic acids is 1. The second kappa shape index (κ2) is 10.7. The predicted octanol–water partition coefficient (Wildman–Crippen LogP) is 3.08. The first-order valence-corrected chi connectivity index (χ1v) is 14.7. The number of carbonyl (C=O) groups is 1. The molecule has 35 heavy (non-hydrogen) atoms. The zero-order valence-electron chi connectivity index (χ0n) is 20.1. The third-order valence-electron chi connectivity index (χ3n) is 6.37. The third-order valence-corrected chi connectivity index (χ3v) is 8.84. The lowest BCUT2D eigenvalue weighted by Gasteiger charge is -2.36. The van der Waals surface area contributed by atoms with Gasteiger partial charge in [-0.25, -0.2) is 8.42 Å². The zero-order chi connectivity index (χ0) is 25.9. The second-order valence-electron chi connectivity index (χ2n) is 8.81. The third kappa shape index (κ3) is 6.21. The van der Waals surface area contributed by atoms with Crippen LogP contribution in [0, 0.1) is 0 Å². The Labute approximate surface area is 206 Å². The summed E-state index contributed by atoms with van der Waals surface area (Å²) in [5, 5.41) is 5.73. The van der Waals surface area contributed by atoms with Gasteiger partial charge in [-0.15, -0.1) is 0 Å². The fourth-order valence-electron chi connectivity index (χ4n) is 4.48. The molecule has 0 radical (unpaired) electrons. The largest absolute Gasteiger partial charge is 0.496 e. The van der Waals surface area contributed by atoms with Crippen LogP contribution in [0.3, 0.4) is 0 Å². The highest BCUT2D eigenvalue weighted by Crippen LogP contribution is 2.40. The molecule has 0 bridgehead atoms. The number of methoxy groups -OCH3 is 1. The molecule has 2 aromatic carbocycles. The number of amides is 1. The van der Waals surface area contributed by atoms with Gasteiger partial charge in [0.05, 0.1) is 29.4 Å². The minimum absolute atomic E-state index is 0.0107. The molecule has 0 spiro atoms. The van der Waals surface area contributed by atoms with E-state index in [9.17, 15) is 21.6 Å². The highest BCUT2D eigenvalue weighted by molar-refractivity contribution is 7.91. The fraction of sp³-hybridized carbons (Fsp3) is 0.458. The molecule has 0 unspecified atom stereocenters. The van der Waals surface area contributed by atoms with Crippen LogP contribution in [-0.2, 0) is 20.0 Å². The minimum atomic E-state index is -4.47. The average molecular weight is 525 g/mol. The molecule has 192 valence electrons. The molecule has 0 saturated carbocycles. The molecule has 11 heteroatoms.